The molecule has 0 fully saturated rings. The number of carbonyl (C=O) groups excluding carboxylic acids is 1. The molecule has 0 saturated carbocycles. The SMILES string of the molecule is Cc1nn(C)c(C)c1C(=O)N1Cc2ccccc2C[C@H]1C(=O)O. The molecule has 0 spiro atoms. The molecule has 1 aliphatic rings. The second kappa shape index (κ2) is 5.53. The molecule has 0 radical (unpaired) electrons. The summed E-state index contributed by atoms with van der Waals surface area (Å²) < 4.78 is 1.65. The topological polar surface area (TPSA) is 75.4 Å². The molecule has 1 amide bonds. The molecule has 6 nitrogen and oxygen atoms in total. The first kappa shape index (κ1) is 15.3. The molecule has 1 atom stereocenters. The van der Waals surface area contributed by atoms with Crippen LogP contribution in [0.2, 0.25) is 0 Å². The number of amides is 1. The fourth-order valence-electron chi connectivity index (χ4n) is 3.18. The highest BCUT2D eigenvalue weighted by atomic mass is 16.4. The van der Waals surface area contributed by atoms with Crippen molar-refractivity contribution in [1.29, 1.82) is 0 Å². The summed E-state index contributed by atoms with van der Waals surface area (Å²) >= 11 is 0. The third-order valence-electron chi connectivity index (χ3n) is 4.52. The number of hydrogen-bond donors (Lipinski definition) is 1. The van der Waals surface area contributed by atoms with E-state index in [9.17, 15) is 14.7 Å². The lowest BCUT2D eigenvalue weighted by atomic mass is 9.93. The minimum atomic E-state index is -0.980. The molecule has 2 heterocycles. The molecule has 23 heavy (non-hydrogen) atoms. The number of hydrogen-bond acceptors (Lipinski definition) is 3. The number of aliphatic carboxylic acids is 1. The van der Waals surface area contributed by atoms with Crippen molar-refractivity contribution in [2.45, 2.75) is 32.9 Å². The Morgan fingerprint density at radius 1 is 1.22 bits per heavy atom. The number of aryl methyl sites for hydroxylation is 2. The molecule has 0 unspecified atom stereocenters. The highest BCUT2D eigenvalue weighted by molar-refractivity contribution is 5.98. The predicted molar refractivity (Wildman–Crippen MR) is 84.1 cm³/mol. The Morgan fingerprint density at radius 3 is 2.43 bits per heavy atom. The molecule has 2 aromatic rings. The van der Waals surface area contributed by atoms with Crippen LogP contribution in [0.15, 0.2) is 24.3 Å². The fraction of sp³-hybridized carbons (Fsp3) is 0.353. The maximum atomic E-state index is 13.0. The number of carbonyl (C=O) groups is 2. The van der Waals surface area contributed by atoms with Crippen molar-refractivity contribution in [3.8, 4) is 0 Å². The first-order valence-corrected chi connectivity index (χ1v) is 7.51. The molecular formula is C17H19N3O3. The molecule has 0 bridgehead atoms. The number of carboxylic acids is 1. The number of aromatic nitrogens is 2. The maximum absolute atomic E-state index is 13.0. The van der Waals surface area contributed by atoms with Gasteiger partial charge in [0.15, 0.2) is 0 Å². The van der Waals surface area contributed by atoms with Crippen LogP contribution < -0.4 is 0 Å². The number of fused-ring (bicyclic) bond motifs is 1. The first-order valence-electron chi connectivity index (χ1n) is 7.51. The minimum Gasteiger partial charge on any atom is -0.480 e. The van der Waals surface area contributed by atoms with Crippen LogP contribution in [0.25, 0.3) is 0 Å². The van der Waals surface area contributed by atoms with E-state index in [-0.39, 0.29) is 5.91 Å². The molecule has 1 aromatic heterocycles. The zero-order valence-corrected chi connectivity index (χ0v) is 13.4. The van der Waals surface area contributed by atoms with E-state index in [1.165, 1.54) is 4.90 Å². The number of carboxylic acid groups (broad SMARTS) is 1. The van der Waals surface area contributed by atoms with Crippen molar-refractivity contribution in [1.82, 2.24) is 14.7 Å². The van der Waals surface area contributed by atoms with Gasteiger partial charge < -0.3 is 10.0 Å². The standard InChI is InChI=1S/C17H19N3O3/c1-10-15(11(2)19(3)18-10)16(21)20-9-13-7-5-4-6-12(13)8-14(20)17(22)23/h4-7,14H,8-9H2,1-3H3,(H,22,23)/t14-/m0/s1. The van der Waals surface area contributed by atoms with E-state index in [1.807, 2.05) is 31.2 Å². The van der Waals surface area contributed by atoms with Crippen molar-refractivity contribution in [2.24, 2.45) is 7.05 Å². The van der Waals surface area contributed by atoms with Crippen LogP contribution in [0.5, 0.6) is 0 Å². The first-order chi connectivity index (χ1) is 10.9. The van der Waals surface area contributed by atoms with Gasteiger partial charge >= 0.3 is 5.97 Å². The quantitative estimate of drug-likeness (QED) is 0.915. The normalized spacial score (nSPS) is 17.0. The van der Waals surface area contributed by atoms with Crippen molar-refractivity contribution in [3.05, 3.63) is 52.3 Å². The molecule has 120 valence electrons. The van der Waals surface area contributed by atoms with Crippen molar-refractivity contribution < 1.29 is 14.7 Å². The molecule has 0 saturated heterocycles. The van der Waals surface area contributed by atoms with Gasteiger partial charge in [0.05, 0.1) is 11.3 Å². The summed E-state index contributed by atoms with van der Waals surface area (Å²) in [5.41, 5.74) is 3.85. The Morgan fingerprint density at radius 2 is 1.87 bits per heavy atom. The average molecular weight is 313 g/mol. The van der Waals surface area contributed by atoms with E-state index in [0.717, 1.165) is 16.8 Å². The van der Waals surface area contributed by atoms with Gasteiger partial charge in [0.2, 0.25) is 0 Å². The van der Waals surface area contributed by atoms with Crippen LogP contribution in [-0.4, -0.2) is 37.7 Å². The summed E-state index contributed by atoms with van der Waals surface area (Å²) in [5.74, 6) is -1.25. The Bertz CT molecular complexity index is 794. The Hall–Kier alpha value is -2.63. The molecule has 1 aliphatic heterocycles. The van der Waals surface area contributed by atoms with Gasteiger partial charge in [-0.2, -0.15) is 5.10 Å². The lowest BCUT2D eigenvalue weighted by Gasteiger charge is -2.34. The predicted octanol–water partition coefficient (Wildman–Crippen LogP) is 1.69. The van der Waals surface area contributed by atoms with Crippen LogP contribution in [0.3, 0.4) is 0 Å². The minimum absolute atomic E-state index is 0.269. The van der Waals surface area contributed by atoms with Gasteiger partial charge in [-0.1, -0.05) is 24.3 Å². The lowest BCUT2D eigenvalue weighted by Crippen LogP contribution is -2.48. The Kier molecular flexibility index (Phi) is 3.67. The van der Waals surface area contributed by atoms with Crippen LogP contribution in [0.1, 0.15) is 32.9 Å². The largest absolute Gasteiger partial charge is 0.480 e. The van der Waals surface area contributed by atoms with Crippen molar-refractivity contribution >= 4 is 11.9 Å². The average Bonchev–Trinajstić information content (AvgIpc) is 2.78. The van der Waals surface area contributed by atoms with Gasteiger partial charge in [-0.05, 0) is 25.0 Å². The van der Waals surface area contributed by atoms with Gasteiger partial charge in [0.25, 0.3) is 5.91 Å². The summed E-state index contributed by atoms with van der Waals surface area (Å²) in [4.78, 5) is 26.1. The lowest BCUT2D eigenvalue weighted by molar-refractivity contribution is -0.142. The second-order valence-electron chi connectivity index (χ2n) is 5.93. The highest BCUT2D eigenvalue weighted by Crippen LogP contribution is 2.26. The van der Waals surface area contributed by atoms with Gasteiger partial charge in [-0.3, -0.25) is 9.48 Å². The van der Waals surface area contributed by atoms with Crippen molar-refractivity contribution in [2.75, 3.05) is 0 Å². The summed E-state index contributed by atoms with van der Waals surface area (Å²) in [7, 11) is 1.78. The maximum Gasteiger partial charge on any atom is 0.326 e. The monoisotopic (exact) mass is 313 g/mol. The number of rotatable bonds is 2. The Labute approximate surface area is 134 Å². The second-order valence-corrected chi connectivity index (χ2v) is 5.93. The van der Waals surface area contributed by atoms with E-state index < -0.39 is 12.0 Å². The summed E-state index contributed by atoms with van der Waals surface area (Å²) in [6, 6.07) is 6.81. The van der Waals surface area contributed by atoms with Gasteiger partial charge in [0, 0.05) is 25.7 Å². The van der Waals surface area contributed by atoms with Gasteiger partial charge in [0.1, 0.15) is 6.04 Å². The Balaban J connectivity index is 2.03. The van der Waals surface area contributed by atoms with E-state index in [1.54, 1.807) is 18.7 Å². The fourth-order valence-corrected chi connectivity index (χ4v) is 3.18. The molecule has 1 N–H and O–H groups in total. The van der Waals surface area contributed by atoms with Crippen LogP contribution in [0, 0.1) is 13.8 Å². The van der Waals surface area contributed by atoms with E-state index in [4.69, 9.17) is 0 Å². The molecule has 3 rings (SSSR count). The number of nitrogens with zero attached hydrogens (tertiary/aromatic N) is 3. The van der Waals surface area contributed by atoms with Crippen LogP contribution >= 0.6 is 0 Å². The van der Waals surface area contributed by atoms with Gasteiger partial charge in [-0.25, -0.2) is 4.79 Å². The van der Waals surface area contributed by atoms with Crippen LogP contribution in [0.4, 0.5) is 0 Å². The molecular weight excluding hydrogens is 294 g/mol. The van der Waals surface area contributed by atoms with E-state index in [0.29, 0.717) is 24.2 Å². The summed E-state index contributed by atoms with van der Waals surface area (Å²) in [5, 5.41) is 13.8. The zero-order valence-electron chi connectivity index (χ0n) is 13.4. The van der Waals surface area contributed by atoms with Crippen LogP contribution in [-0.2, 0) is 24.8 Å². The smallest absolute Gasteiger partial charge is 0.326 e. The third-order valence-corrected chi connectivity index (χ3v) is 4.52. The molecule has 0 aliphatic carbocycles. The summed E-state index contributed by atoms with van der Waals surface area (Å²) in [6.45, 7) is 3.90. The van der Waals surface area contributed by atoms with Gasteiger partial charge in [-0.15, -0.1) is 0 Å². The summed E-state index contributed by atoms with van der Waals surface area (Å²) in [6.07, 6.45) is 0.329. The zero-order chi connectivity index (χ0) is 16.7. The highest BCUT2D eigenvalue weighted by Gasteiger charge is 2.36. The number of benzene rings is 1. The molecule has 6 heteroatoms. The van der Waals surface area contributed by atoms with Crippen molar-refractivity contribution in [3.63, 3.8) is 0 Å². The van der Waals surface area contributed by atoms with E-state index in [2.05, 4.69) is 5.10 Å². The third kappa shape index (κ3) is 2.50. The van der Waals surface area contributed by atoms with E-state index >= 15 is 0 Å². The molecule has 1 aromatic carbocycles.